The summed E-state index contributed by atoms with van der Waals surface area (Å²) in [6.45, 7) is 13.0. The van der Waals surface area contributed by atoms with Gasteiger partial charge in [0.1, 0.15) is 23.0 Å². The molecule has 1 saturated heterocycles. The number of rotatable bonds is 13. The highest BCUT2D eigenvalue weighted by atomic mass is 16.7. The molecule has 2 aromatic carbocycles. The molecule has 1 aliphatic heterocycles. The third-order valence-electron chi connectivity index (χ3n) is 7.03. The second-order valence-electron chi connectivity index (χ2n) is 12.6. The largest absolute Gasteiger partial charge is 0.497 e. The number of methoxy groups -OCH3 is 2. The Kier molecular flexibility index (Phi) is 11.4. The highest BCUT2D eigenvalue weighted by Gasteiger charge is 2.47. The molecule has 42 heavy (non-hydrogen) atoms. The minimum atomic E-state index is -1.35. The lowest BCUT2D eigenvalue weighted by atomic mass is 9.88. The summed E-state index contributed by atoms with van der Waals surface area (Å²) in [5.74, 6) is -2.70. The Hall–Kier alpha value is -3.55. The molecule has 1 aliphatic rings. The van der Waals surface area contributed by atoms with E-state index in [1.165, 1.54) is 5.56 Å². The number of hydrogen-bond donors (Lipinski definition) is 0. The van der Waals surface area contributed by atoms with E-state index in [2.05, 4.69) is 52.0 Å². The molecule has 1 fully saturated rings. The third kappa shape index (κ3) is 9.50. The molecule has 0 N–H and O–H groups in total. The van der Waals surface area contributed by atoms with Gasteiger partial charge in [-0.3, -0.25) is 9.59 Å². The van der Waals surface area contributed by atoms with Crippen LogP contribution in [0.25, 0.3) is 0 Å². The van der Waals surface area contributed by atoms with Gasteiger partial charge >= 0.3 is 11.9 Å². The second kappa shape index (κ2) is 14.6. The van der Waals surface area contributed by atoms with Crippen LogP contribution in [0.1, 0.15) is 84.8 Å². The van der Waals surface area contributed by atoms with Crippen molar-refractivity contribution in [3.63, 3.8) is 0 Å². The van der Waals surface area contributed by atoms with Crippen molar-refractivity contribution in [3.05, 3.63) is 53.6 Å². The molecule has 230 valence electrons. The molecule has 8 heteroatoms. The molecule has 0 atom stereocenters. The second-order valence-corrected chi connectivity index (χ2v) is 12.6. The van der Waals surface area contributed by atoms with Gasteiger partial charge in [0, 0.05) is 33.0 Å². The Bertz CT molecular complexity index is 1210. The number of nitrogens with zero attached hydrogens (tertiary/aromatic N) is 2. The van der Waals surface area contributed by atoms with Crippen molar-refractivity contribution >= 4 is 23.5 Å². The zero-order valence-corrected chi connectivity index (χ0v) is 26.6. The van der Waals surface area contributed by atoms with Gasteiger partial charge < -0.3 is 23.8 Å². The van der Waals surface area contributed by atoms with E-state index in [4.69, 9.17) is 23.9 Å². The quantitative estimate of drug-likeness (QED) is 0.0811. The molecule has 8 nitrogen and oxygen atoms in total. The van der Waals surface area contributed by atoms with Crippen molar-refractivity contribution in [1.82, 2.24) is 4.90 Å². The fraction of sp³-hybridized carbons (Fsp3) is 0.559. The predicted molar refractivity (Wildman–Crippen MR) is 165 cm³/mol. The van der Waals surface area contributed by atoms with E-state index in [1.807, 2.05) is 4.90 Å². The predicted octanol–water partition coefficient (Wildman–Crippen LogP) is 7.25. The molecule has 0 bridgehead atoms. The number of hydrogen-bond acceptors (Lipinski definition) is 7. The fourth-order valence-corrected chi connectivity index (χ4v) is 5.02. The number of benzene rings is 2. The van der Waals surface area contributed by atoms with Crippen LogP contribution in [0, 0.1) is 11.3 Å². The van der Waals surface area contributed by atoms with Crippen LogP contribution < -0.4 is 9.47 Å². The molecule has 1 heterocycles. The van der Waals surface area contributed by atoms with E-state index in [-0.39, 0.29) is 11.3 Å². The zero-order valence-electron chi connectivity index (χ0n) is 26.6. The zero-order chi connectivity index (χ0) is 30.9. The standard InChI is InChI=1S/C34H48N2O6/c1-9-10-11-12-13-20-36(23-25-16-14-24(15-17-25)22-33(2,3)4)30(29-31(37)41-34(5,6)42-32(29)38)35-27-19-18-26(39-7)21-28(27)40-8/h14-19,21,29H,9-13,20,22-23H2,1-8H3. The number of esters is 2. The van der Waals surface area contributed by atoms with Gasteiger partial charge in [0.05, 0.1) is 14.2 Å². The van der Waals surface area contributed by atoms with E-state index in [1.54, 1.807) is 46.3 Å². The molecule has 0 unspecified atom stereocenters. The van der Waals surface area contributed by atoms with E-state index in [0.717, 1.165) is 44.1 Å². The highest BCUT2D eigenvalue weighted by Crippen LogP contribution is 2.34. The molecule has 3 rings (SSSR count). The highest BCUT2D eigenvalue weighted by molar-refractivity contribution is 6.17. The lowest BCUT2D eigenvalue weighted by Gasteiger charge is -2.36. The van der Waals surface area contributed by atoms with Crippen molar-refractivity contribution < 1.29 is 28.5 Å². The summed E-state index contributed by atoms with van der Waals surface area (Å²) in [5.41, 5.74) is 2.96. The van der Waals surface area contributed by atoms with Gasteiger partial charge in [-0.25, -0.2) is 4.99 Å². The van der Waals surface area contributed by atoms with Crippen LogP contribution in [0.4, 0.5) is 5.69 Å². The van der Waals surface area contributed by atoms with E-state index in [0.29, 0.717) is 30.3 Å². The van der Waals surface area contributed by atoms with Crippen molar-refractivity contribution in [3.8, 4) is 11.5 Å². The normalized spacial score (nSPS) is 15.7. The van der Waals surface area contributed by atoms with Gasteiger partial charge in [0.15, 0.2) is 0 Å². The summed E-state index contributed by atoms with van der Waals surface area (Å²) >= 11 is 0. The number of cyclic esters (lactones) is 2. The number of aliphatic imine (C=N–C) groups is 1. The number of carbonyl (C=O) groups excluding carboxylic acids is 2. The summed E-state index contributed by atoms with van der Waals surface area (Å²) in [6, 6.07) is 13.8. The third-order valence-corrected chi connectivity index (χ3v) is 7.03. The van der Waals surface area contributed by atoms with Crippen LogP contribution in [-0.4, -0.2) is 49.2 Å². The van der Waals surface area contributed by atoms with Crippen LogP contribution in [0.5, 0.6) is 11.5 Å². The SMILES string of the molecule is CCCCCCCN(Cc1ccc(CC(C)(C)C)cc1)C(=Nc1ccc(OC)cc1OC)C1C(=O)OC(C)(C)OC1=O. The maximum atomic E-state index is 13.4. The number of amidine groups is 1. The molecule has 0 spiro atoms. The van der Waals surface area contributed by atoms with E-state index in [9.17, 15) is 9.59 Å². The maximum absolute atomic E-state index is 13.4. The number of ether oxygens (including phenoxy) is 4. The first kappa shape index (κ1) is 33.0. The first-order valence-electron chi connectivity index (χ1n) is 14.9. The molecular weight excluding hydrogens is 532 g/mol. The van der Waals surface area contributed by atoms with Gasteiger partial charge in [-0.2, -0.15) is 0 Å². The Balaban J connectivity index is 2.07. The fourth-order valence-electron chi connectivity index (χ4n) is 5.02. The van der Waals surface area contributed by atoms with Gasteiger partial charge in [-0.05, 0) is 41.5 Å². The van der Waals surface area contributed by atoms with Crippen molar-refractivity contribution in [2.45, 2.75) is 92.4 Å². The van der Waals surface area contributed by atoms with Crippen LogP contribution in [0.2, 0.25) is 0 Å². The summed E-state index contributed by atoms with van der Waals surface area (Å²) < 4.78 is 22.1. The minimum Gasteiger partial charge on any atom is -0.497 e. The molecule has 2 aromatic rings. The summed E-state index contributed by atoms with van der Waals surface area (Å²) in [4.78, 5) is 33.7. The van der Waals surface area contributed by atoms with Gasteiger partial charge in [0.25, 0.3) is 5.79 Å². The van der Waals surface area contributed by atoms with Crippen molar-refractivity contribution in [1.29, 1.82) is 0 Å². The smallest absolute Gasteiger partial charge is 0.331 e. The average molecular weight is 581 g/mol. The molecular formula is C34H48N2O6. The maximum Gasteiger partial charge on any atom is 0.331 e. The Morgan fingerprint density at radius 1 is 0.905 bits per heavy atom. The summed E-state index contributed by atoms with van der Waals surface area (Å²) in [6.07, 6.45) is 6.30. The summed E-state index contributed by atoms with van der Waals surface area (Å²) in [7, 11) is 3.12. The van der Waals surface area contributed by atoms with Crippen molar-refractivity contribution in [2.24, 2.45) is 16.3 Å². The van der Waals surface area contributed by atoms with E-state index < -0.39 is 23.6 Å². The van der Waals surface area contributed by atoms with Crippen LogP contribution in [0.15, 0.2) is 47.5 Å². The lowest BCUT2D eigenvalue weighted by Crippen LogP contribution is -2.52. The molecule has 0 saturated carbocycles. The molecule has 0 radical (unpaired) electrons. The van der Waals surface area contributed by atoms with Gasteiger partial charge in [-0.15, -0.1) is 0 Å². The Labute approximate surface area is 251 Å². The van der Waals surface area contributed by atoms with Gasteiger partial charge in [0.2, 0.25) is 5.92 Å². The Morgan fingerprint density at radius 2 is 1.52 bits per heavy atom. The molecule has 0 aromatic heterocycles. The Morgan fingerprint density at radius 3 is 2.10 bits per heavy atom. The first-order valence-corrected chi connectivity index (χ1v) is 14.9. The number of carbonyl (C=O) groups is 2. The number of unbranched alkanes of at least 4 members (excludes halogenated alkanes) is 4. The van der Waals surface area contributed by atoms with E-state index >= 15 is 0 Å². The minimum absolute atomic E-state index is 0.179. The first-order chi connectivity index (χ1) is 19.9. The van der Waals surface area contributed by atoms with Crippen molar-refractivity contribution in [2.75, 3.05) is 20.8 Å². The monoisotopic (exact) mass is 580 g/mol. The topological polar surface area (TPSA) is 86.7 Å². The molecule has 0 amide bonds. The van der Waals surface area contributed by atoms with Crippen LogP contribution in [0.3, 0.4) is 0 Å². The lowest BCUT2D eigenvalue weighted by molar-refractivity contribution is -0.236. The average Bonchev–Trinajstić information content (AvgIpc) is 2.91. The molecule has 0 aliphatic carbocycles. The van der Waals surface area contributed by atoms with Crippen LogP contribution >= 0.6 is 0 Å². The summed E-state index contributed by atoms with van der Waals surface area (Å²) in [5, 5.41) is 0. The van der Waals surface area contributed by atoms with Gasteiger partial charge in [-0.1, -0.05) is 77.6 Å². The van der Waals surface area contributed by atoms with Crippen LogP contribution in [-0.2, 0) is 32.0 Å².